The second kappa shape index (κ2) is 6.32. The summed E-state index contributed by atoms with van der Waals surface area (Å²) in [6.45, 7) is 0.996. The lowest BCUT2D eigenvalue weighted by Gasteiger charge is -2.26. The molecule has 2 aromatic rings. The van der Waals surface area contributed by atoms with Crippen molar-refractivity contribution in [2.45, 2.75) is 18.9 Å². The highest BCUT2D eigenvalue weighted by Crippen LogP contribution is 2.31. The van der Waals surface area contributed by atoms with Gasteiger partial charge in [0.1, 0.15) is 10.8 Å². The molecule has 1 unspecified atom stereocenters. The summed E-state index contributed by atoms with van der Waals surface area (Å²) < 4.78 is 0. The monoisotopic (exact) mass is 341 g/mol. The van der Waals surface area contributed by atoms with Crippen molar-refractivity contribution in [1.82, 2.24) is 10.3 Å². The fourth-order valence-corrected chi connectivity index (χ4v) is 3.08. The SMILES string of the molecule is O=C(CC1CCN1)Nc1csc(-c2ccc(Cl)c(Cl)c2)n1. The third-order valence-electron chi connectivity index (χ3n) is 3.30. The number of nitrogens with zero attached hydrogens (tertiary/aromatic N) is 1. The first-order valence-electron chi connectivity index (χ1n) is 6.56. The molecule has 0 spiro atoms. The van der Waals surface area contributed by atoms with Gasteiger partial charge in [0, 0.05) is 23.4 Å². The Morgan fingerprint density at radius 1 is 1.43 bits per heavy atom. The summed E-state index contributed by atoms with van der Waals surface area (Å²) in [5.41, 5.74) is 0.885. The maximum atomic E-state index is 11.8. The van der Waals surface area contributed by atoms with E-state index >= 15 is 0 Å². The Labute approximate surface area is 136 Å². The van der Waals surface area contributed by atoms with Gasteiger partial charge >= 0.3 is 0 Å². The fraction of sp³-hybridized carbons (Fsp3) is 0.286. The number of hydrogen-bond donors (Lipinski definition) is 2. The van der Waals surface area contributed by atoms with E-state index in [4.69, 9.17) is 23.2 Å². The molecule has 2 heterocycles. The van der Waals surface area contributed by atoms with Gasteiger partial charge in [0.05, 0.1) is 10.0 Å². The van der Waals surface area contributed by atoms with Gasteiger partial charge in [0.25, 0.3) is 0 Å². The van der Waals surface area contributed by atoms with Crippen LogP contribution in [0.3, 0.4) is 0 Å². The van der Waals surface area contributed by atoms with Crippen LogP contribution >= 0.6 is 34.5 Å². The highest BCUT2D eigenvalue weighted by Gasteiger charge is 2.20. The van der Waals surface area contributed by atoms with E-state index in [0.29, 0.717) is 28.3 Å². The number of hydrogen-bond acceptors (Lipinski definition) is 4. The van der Waals surface area contributed by atoms with Crippen molar-refractivity contribution >= 4 is 46.3 Å². The lowest BCUT2D eigenvalue weighted by atomic mass is 10.0. The van der Waals surface area contributed by atoms with E-state index in [9.17, 15) is 4.79 Å². The minimum absolute atomic E-state index is 0.0156. The predicted octanol–water partition coefficient (Wildman–Crippen LogP) is 3.81. The number of anilines is 1. The van der Waals surface area contributed by atoms with Crippen molar-refractivity contribution in [3.05, 3.63) is 33.6 Å². The standard InChI is InChI=1S/C14H13Cl2N3OS/c15-10-2-1-8(5-11(10)16)14-19-12(7-21-14)18-13(20)6-9-3-4-17-9/h1-2,5,7,9,17H,3-4,6H2,(H,18,20). The van der Waals surface area contributed by atoms with Crippen molar-refractivity contribution in [2.75, 3.05) is 11.9 Å². The van der Waals surface area contributed by atoms with Gasteiger partial charge in [-0.25, -0.2) is 4.98 Å². The van der Waals surface area contributed by atoms with Crippen molar-refractivity contribution in [3.8, 4) is 10.6 Å². The molecule has 1 saturated heterocycles. The number of thiazole rings is 1. The van der Waals surface area contributed by atoms with Crippen molar-refractivity contribution < 1.29 is 4.79 Å². The minimum Gasteiger partial charge on any atom is -0.313 e. The summed E-state index contributed by atoms with van der Waals surface area (Å²) in [6.07, 6.45) is 1.54. The minimum atomic E-state index is -0.0156. The maximum Gasteiger partial charge on any atom is 0.227 e. The van der Waals surface area contributed by atoms with E-state index in [2.05, 4.69) is 15.6 Å². The molecule has 1 aliphatic rings. The van der Waals surface area contributed by atoms with Crippen molar-refractivity contribution in [1.29, 1.82) is 0 Å². The quantitative estimate of drug-likeness (QED) is 0.888. The van der Waals surface area contributed by atoms with Gasteiger partial charge < -0.3 is 10.6 Å². The zero-order chi connectivity index (χ0) is 14.8. The zero-order valence-electron chi connectivity index (χ0n) is 11.0. The molecule has 2 N–H and O–H groups in total. The molecule has 0 radical (unpaired) electrons. The van der Waals surface area contributed by atoms with E-state index in [0.717, 1.165) is 23.5 Å². The second-order valence-corrected chi connectivity index (χ2v) is 6.53. The molecular formula is C14H13Cl2N3OS. The Kier molecular flexibility index (Phi) is 4.45. The largest absolute Gasteiger partial charge is 0.313 e. The molecule has 7 heteroatoms. The van der Waals surface area contributed by atoms with Gasteiger partial charge in [0.15, 0.2) is 0 Å². The van der Waals surface area contributed by atoms with E-state index in [1.807, 2.05) is 11.4 Å². The van der Waals surface area contributed by atoms with Gasteiger partial charge in [-0.1, -0.05) is 29.3 Å². The second-order valence-electron chi connectivity index (χ2n) is 4.86. The summed E-state index contributed by atoms with van der Waals surface area (Å²) in [6, 6.07) is 5.67. The fourth-order valence-electron chi connectivity index (χ4n) is 2.03. The summed E-state index contributed by atoms with van der Waals surface area (Å²) >= 11 is 13.4. The molecule has 1 aromatic carbocycles. The van der Waals surface area contributed by atoms with Crippen LogP contribution in [0.25, 0.3) is 10.6 Å². The van der Waals surface area contributed by atoms with Crippen LogP contribution in [0.5, 0.6) is 0 Å². The number of rotatable bonds is 4. The van der Waals surface area contributed by atoms with E-state index in [1.165, 1.54) is 11.3 Å². The number of halogens is 2. The first-order valence-corrected chi connectivity index (χ1v) is 8.19. The smallest absolute Gasteiger partial charge is 0.227 e. The van der Waals surface area contributed by atoms with Crippen LogP contribution in [0, 0.1) is 0 Å². The van der Waals surface area contributed by atoms with Gasteiger partial charge in [-0.3, -0.25) is 4.79 Å². The number of amides is 1. The third-order valence-corrected chi connectivity index (χ3v) is 4.93. The molecule has 110 valence electrons. The van der Waals surface area contributed by atoms with Gasteiger partial charge in [-0.2, -0.15) is 0 Å². The van der Waals surface area contributed by atoms with Crippen LogP contribution in [0.4, 0.5) is 5.82 Å². The Balaban J connectivity index is 1.67. The van der Waals surface area contributed by atoms with E-state index in [1.54, 1.807) is 12.1 Å². The molecular weight excluding hydrogens is 329 g/mol. The molecule has 21 heavy (non-hydrogen) atoms. The molecule has 0 aliphatic carbocycles. The zero-order valence-corrected chi connectivity index (χ0v) is 13.4. The third kappa shape index (κ3) is 3.55. The Hall–Kier alpha value is -1.14. The van der Waals surface area contributed by atoms with Crippen molar-refractivity contribution in [2.24, 2.45) is 0 Å². The van der Waals surface area contributed by atoms with Crippen LogP contribution < -0.4 is 10.6 Å². The van der Waals surface area contributed by atoms with Crippen LogP contribution in [0.15, 0.2) is 23.6 Å². The molecule has 0 saturated carbocycles. The number of benzene rings is 1. The van der Waals surface area contributed by atoms with Crippen LogP contribution in [0.2, 0.25) is 10.0 Å². The summed E-state index contributed by atoms with van der Waals surface area (Å²) in [4.78, 5) is 16.2. The lowest BCUT2D eigenvalue weighted by molar-refractivity contribution is -0.117. The van der Waals surface area contributed by atoms with E-state index in [-0.39, 0.29) is 5.91 Å². The summed E-state index contributed by atoms with van der Waals surface area (Å²) in [5, 5.41) is 9.64. The van der Waals surface area contributed by atoms with Gasteiger partial charge in [0.2, 0.25) is 5.91 Å². The lowest BCUT2D eigenvalue weighted by Crippen LogP contribution is -2.44. The normalized spacial score (nSPS) is 17.3. The van der Waals surface area contributed by atoms with Gasteiger partial charge in [-0.15, -0.1) is 11.3 Å². The summed E-state index contributed by atoms with van der Waals surface area (Å²) in [5.74, 6) is 0.559. The number of aromatic nitrogens is 1. The molecule has 3 rings (SSSR count). The molecule has 1 atom stereocenters. The Bertz CT molecular complexity index is 670. The van der Waals surface area contributed by atoms with Crippen LogP contribution in [-0.4, -0.2) is 23.5 Å². The molecule has 1 fully saturated rings. The predicted molar refractivity (Wildman–Crippen MR) is 87.2 cm³/mol. The molecule has 1 aromatic heterocycles. The Morgan fingerprint density at radius 2 is 2.24 bits per heavy atom. The average Bonchev–Trinajstić information content (AvgIpc) is 2.86. The number of carbonyl (C=O) groups is 1. The topological polar surface area (TPSA) is 54.0 Å². The number of carbonyl (C=O) groups excluding carboxylic acids is 1. The first-order chi connectivity index (χ1) is 10.1. The van der Waals surface area contributed by atoms with E-state index < -0.39 is 0 Å². The molecule has 1 aliphatic heterocycles. The van der Waals surface area contributed by atoms with Crippen molar-refractivity contribution in [3.63, 3.8) is 0 Å². The number of nitrogens with one attached hydrogen (secondary N) is 2. The molecule has 4 nitrogen and oxygen atoms in total. The highest BCUT2D eigenvalue weighted by atomic mass is 35.5. The Morgan fingerprint density at radius 3 is 2.90 bits per heavy atom. The van der Waals surface area contributed by atoms with Gasteiger partial charge in [-0.05, 0) is 25.1 Å². The highest BCUT2D eigenvalue weighted by molar-refractivity contribution is 7.13. The van der Waals surface area contributed by atoms with Crippen LogP contribution in [0.1, 0.15) is 12.8 Å². The van der Waals surface area contributed by atoms with Crippen LogP contribution in [-0.2, 0) is 4.79 Å². The average molecular weight is 342 g/mol. The first kappa shape index (κ1) is 14.8. The summed E-state index contributed by atoms with van der Waals surface area (Å²) in [7, 11) is 0. The molecule has 1 amide bonds. The molecule has 0 bridgehead atoms. The maximum absolute atomic E-state index is 11.8.